The molecule has 0 spiro atoms. The maximum absolute atomic E-state index is 10.5. The lowest BCUT2D eigenvalue weighted by molar-refractivity contribution is -0.384. The summed E-state index contributed by atoms with van der Waals surface area (Å²) in [6.07, 6.45) is 1.65. The Morgan fingerprint density at radius 3 is 2.57 bits per heavy atom. The first kappa shape index (κ1) is 14.9. The quantitative estimate of drug-likeness (QED) is 0.368. The van der Waals surface area contributed by atoms with E-state index in [0.29, 0.717) is 6.54 Å². The van der Waals surface area contributed by atoms with Gasteiger partial charge in [-0.3, -0.25) is 15.1 Å². The average molecular weight is 343 g/mol. The molecule has 0 aromatic heterocycles. The minimum Gasteiger partial charge on any atom is -0.280 e. The second kappa shape index (κ2) is 7.36. The van der Waals surface area contributed by atoms with Crippen LogP contribution < -0.4 is 0 Å². The van der Waals surface area contributed by atoms with Crippen LogP contribution in [0.15, 0.2) is 58.0 Å². The number of hydrogen-bond donors (Lipinski definition) is 0. The molecule has 21 heavy (non-hydrogen) atoms. The molecule has 5 heteroatoms. The number of nitro groups is 1. The molecule has 0 saturated heterocycles. The van der Waals surface area contributed by atoms with E-state index in [2.05, 4.69) is 32.8 Å². The summed E-state index contributed by atoms with van der Waals surface area (Å²) in [5.41, 5.74) is 1.80. The molecule has 2 aromatic carbocycles. The normalized spacial score (nSPS) is 10.1. The third-order valence-corrected chi connectivity index (χ3v) is 3.30. The van der Waals surface area contributed by atoms with E-state index in [-0.39, 0.29) is 5.69 Å². The van der Waals surface area contributed by atoms with Crippen LogP contribution in [0.4, 0.5) is 5.69 Å². The van der Waals surface area contributed by atoms with Crippen LogP contribution in [0.1, 0.15) is 11.1 Å². The van der Waals surface area contributed by atoms with Crippen molar-refractivity contribution in [3.8, 4) is 11.8 Å². The van der Waals surface area contributed by atoms with Gasteiger partial charge in [-0.15, -0.1) is 0 Å². The summed E-state index contributed by atoms with van der Waals surface area (Å²) in [7, 11) is 0. The molecule has 0 fully saturated rings. The molecule has 0 heterocycles. The zero-order chi connectivity index (χ0) is 15.1. The zero-order valence-electron chi connectivity index (χ0n) is 11.0. The van der Waals surface area contributed by atoms with Crippen LogP contribution in [0.5, 0.6) is 0 Å². The Morgan fingerprint density at radius 2 is 1.90 bits per heavy atom. The first-order chi connectivity index (χ1) is 10.2. The Kier molecular flexibility index (Phi) is 5.24. The topological polar surface area (TPSA) is 55.5 Å². The average Bonchev–Trinajstić information content (AvgIpc) is 2.49. The highest BCUT2D eigenvalue weighted by Gasteiger charge is 2.02. The molecular formula is C16H11BrN2O2. The highest BCUT2D eigenvalue weighted by molar-refractivity contribution is 9.10. The van der Waals surface area contributed by atoms with Crippen LogP contribution in [0.2, 0.25) is 0 Å². The van der Waals surface area contributed by atoms with Gasteiger partial charge in [-0.1, -0.05) is 24.0 Å². The SMILES string of the molecule is O=[N+]([O-])c1ccc(C=NCC#Cc2ccccc2Br)cc1. The Labute approximate surface area is 130 Å². The smallest absolute Gasteiger partial charge is 0.269 e. The van der Waals surface area contributed by atoms with E-state index in [1.807, 2.05) is 24.3 Å². The molecule has 0 saturated carbocycles. The predicted molar refractivity (Wildman–Crippen MR) is 86.6 cm³/mol. The number of nitrogens with zero attached hydrogens (tertiary/aromatic N) is 2. The summed E-state index contributed by atoms with van der Waals surface area (Å²) in [6.45, 7) is 0.373. The summed E-state index contributed by atoms with van der Waals surface area (Å²) in [6, 6.07) is 13.9. The number of nitro benzene ring substituents is 1. The van der Waals surface area contributed by atoms with Gasteiger partial charge >= 0.3 is 0 Å². The summed E-state index contributed by atoms with van der Waals surface area (Å²) in [5, 5.41) is 10.5. The van der Waals surface area contributed by atoms with Crippen molar-refractivity contribution in [1.82, 2.24) is 0 Å². The first-order valence-electron chi connectivity index (χ1n) is 6.14. The molecule has 0 N–H and O–H groups in total. The highest BCUT2D eigenvalue weighted by atomic mass is 79.9. The number of rotatable bonds is 3. The second-order valence-corrected chi connectivity index (χ2v) is 4.95. The number of hydrogen-bond acceptors (Lipinski definition) is 3. The van der Waals surface area contributed by atoms with E-state index in [4.69, 9.17) is 0 Å². The van der Waals surface area contributed by atoms with Crippen molar-refractivity contribution in [2.45, 2.75) is 0 Å². The third kappa shape index (κ3) is 4.55. The Morgan fingerprint density at radius 1 is 1.19 bits per heavy atom. The Balaban J connectivity index is 1.94. The Bertz CT molecular complexity index is 728. The molecule has 0 amide bonds. The summed E-state index contributed by atoms with van der Waals surface area (Å²) in [4.78, 5) is 14.3. The second-order valence-electron chi connectivity index (χ2n) is 4.10. The lowest BCUT2D eigenvalue weighted by Crippen LogP contribution is -1.88. The van der Waals surface area contributed by atoms with Gasteiger partial charge in [0.2, 0.25) is 0 Å². The van der Waals surface area contributed by atoms with Crippen LogP contribution >= 0.6 is 15.9 Å². The zero-order valence-corrected chi connectivity index (χ0v) is 12.6. The van der Waals surface area contributed by atoms with Gasteiger partial charge in [0.25, 0.3) is 5.69 Å². The van der Waals surface area contributed by atoms with Crippen molar-refractivity contribution in [1.29, 1.82) is 0 Å². The third-order valence-electron chi connectivity index (χ3n) is 2.61. The van der Waals surface area contributed by atoms with Gasteiger partial charge in [0.1, 0.15) is 6.54 Å². The number of halogens is 1. The molecule has 0 radical (unpaired) electrons. The van der Waals surface area contributed by atoms with Crippen LogP contribution in [0.3, 0.4) is 0 Å². The monoisotopic (exact) mass is 342 g/mol. The van der Waals surface area contributed by atoms with Gasteiger partial charge in [-0.2, -0.15) is 0 Å². The van der Waals surface area contributed by atoms with Gasteiger partial charge in [-0.05, 0) is 45.8 Å². The van der Waals surface area contributed by atoms with Crippen molar-refractivity contribution in [3.05, 3.63) is 74.2 Å². The van der Waals surface area contributed by atoms with Gasteiger partial charge < -0.3 is 0 Å². The van der Waals surface area contributed by atoms with Crippen molar-refractivity contribution < 1.29 is 4.92 Å². The maximum atomic E-state index is 10.5. The van der Waals surface area contributed by atoms with E-state index >= 15 is 0 Å². The summed E-state index contributed by atoms with van der Waals surface area (Å²) in [5.74, 6) is 5.98. The number of non-ortho nitro benzene ring substituents is 1. The predicted octanol–water partition coefficient (Wildman–Crippen LogP) is 3.83. The summed E-state index contributed by atoms with van der Waals surface area (Å²) >= 11 is 3.42. The lowest BCUT2D eigenvalue weighted by atomic mass is 10.2. The molecule has 0 bridgehead atoms. The van der Waals surface area contributed by atoms with Crippen molar-refractivity contribution >= 4 is 27.8 Å². The van der Waals surface area contributed by atoms with Gasteiger partial charge in [-0.25, -0.2) is 0 Å². The van der Waals surface area contributed by atoms with Crippen LogP contribution in [-0.2, 0) is 0 Å². The number of benzene rings is 2. The molecule has 2 aromatic rings. The minimum absolute atomic E-state index is 0.0702. The highest BCUT2D eigenvalue weighted by Crippen LogP contribution is 2.14. The molecule has 0 aliphatic rings. The van der Waals surface area contributed by atoms with Crippen molar-refractivity contribution in [2.24, 2.45) is 4.99 Å². The molecule has 0 aliphatic carbocycles. The lowest BCUT2D eigenvalue weighted by Gasteiger charge is -1.93. The van der Waals surface area contributed by atoms with Crippen LogP contribution in [0.25, 0.3) is 0 Å². The molecule has 2 rings (SSSR count). The molecule has 0 aliphatic heterocycles. The molecular weight excluding hydrogens is 332 g/mol. The van der Waals surface area contributed by atoms with E-state index in [1.165, 1.54) is 12.1 Å². The fourth-order valence-corrected chi connectivity index (χ4v) is 1.96. The van der Waals surface area contributed by atoms with Crippen LogP contribution in [0, 0.1) is 22.0 Å². The Hall–Kier alpha value is -2.45. The van der Waals surface area contributed by atoms with Crippen molar-refractivity contribution in [2.75, 3.05) is 6.54 Å². The van der Waals surface area contributed by atoms with Crippen LogP contribution in [-0.4, -0.2) is 17.7 Å². The standard InChI is InChI=1S/C16H11BrN2O2/c17-16-6-2-1-4-14(16)5-3-11-18-12-13-7-9-15(10-8-13)19(20)21/h1-2,4,6-10,12H,11H2. The minimum atomic E-state index is -0.426. The fourth-order valence-electron chi connectivity index (χ4n) is 1.58. The molecule has 0 unspecified atom stereocenters. The van der Waals surface area contributed by atoms with Gasteiger partial charge in [0.05, 0.1) is 4.92 Å². The largest absolute Gasteiger partial charge is 0.280 e. The van der Waals surface area contributed by atoms with Gasteiger partial charge in [0, 0.05) is 28.4 Å². The van der Waals surface area contributed by atoms with Crippen molar-refractivity contribution in [3.63, 3.8) is 0 Å². The number of aliphatic imine (C=N–C) groups is 1. The maximum Gasteiger partial charge on any atom is 0.269 e. The summed E-state index contributed by atoms with van der Waals surface area (Å²) < 4.78 is 0.955. The van der Waals surface area contributed by atoms with E-state index in [1.54, 1.807) is 18.3 Å². The van der Waals surface area contributed by atoms with E-state index in [9.17, 15) is 10.1 Å². The fraction of sp³-hybridized carbons (Fsp3) is 0.0625. The van der Waals surface area contributed by atoms with Gasteiger partial charge in [0.15, 0.2) is 0 Å². The first-order valence-corrected chi connectivity index (χ1v) is 6.94. The molecule has 4 nitrogen and oxygen atoms in total. The molecule has 0 atom stereocenters. The van der Waals surface area contributed by atoms with E-state index in [0.717, 1.165) is 15.6 Å². The molecule has 104 valence electrons. The van der Waals surface area contributed by atoms with E-state index < -0.39 is 4.92 Å².